The Morgan fingerprint density at radius 3 is 3.00 bits per heavy atom. The third-order valence-corrected chi connectivity index (χ3v) is 3.16. The number of carbonyl (C=O) groups excluding carboxylic acids is 1. The summed E-state index contributed by atoms with van der Waals surface area (Å²) < 4.78 is 5.47. The van der Waals surface area contributed by atoms with E-state index in [4.69, 9.17) is 16.3 Å². The maximum absolute atomic E-state index is 11.7. The zero-order chi connectivity index (χ0) is 13.0. The number of halogens is 2. The first-order valence-corrected chi connectivity index (χ1v) is 6.42. The third-order valence-electron chi connectivity index (χ3n) is 2.92. The van der Waals surface area contributed by atoms with E-state index in [1.807, 2.05) is 13.0 Å². The Labute approximate surface area is 124 Å². The van der Waals surface area contributed by atoms with Crippen LogP contribution >= 0.6 is 24.0 Å². The van der Waals surface area contributed by atoms with Gasteiger partial charge < -0.3 is 15.4 Å². The number of ether oxygens (including phenoxy) is 1. The molecule has 1 heterocycles. The Balaban J connectivity index is 0.00000180. The molecule has 1 aromatic carbocycles. The minimum absolute atomic E-state index is 0. The van der Waals surface area contributed by atoms with Crippen molar-refractivity contribution >= 4 is 29.9 Å². The van der Waals surface area contributed by atoms with Gasteiger partial charge in [-0.05, 0) is 43.7 Å². The molecule has 6 heteroatoms. The van der Waals surface area contributed by atoms with E-state index in [9.17, 15) is 4.79 Å². The van der Waals surface area contributed by atoms with Crippen molar-refractivity contribution < 1.29 is 9.53 Å². The van der Waals surface area contributed by atoms with Crippen LogP contribution in [-0.2, 0) is 4.79 Å². The molecule has 106 valence electrons. The smallest absolute Gasteiger partial charge is 0.258 e. The lowest BCUT2D eigenvalue weighted by Gasteiger charge is -2.13. The number of amides is 1. The molecular formula is C13H18Cl2N2O2. The molecule has 0 aliphatic carbocycles. The molecule has 1 aromatic rings. The standard InChI is InChI=1S/C13H17ClN2O2.ClH/c1-9-6-10(14)2-3-12(9)18-8-13(17)16-11-4-5-15-7-11;/h2-3,6,11,15H,4-5,7-8H2,1H3,(H,16,17);1H. The second-order valence-electron chi connectivity index (χ2n) is 4.46. The molecule has 1 atom stereocenters. The van der Waals surface area contributed by atoms with E-state index >= 15 is 0 Å². The Kier molecular flexibility index (Phi) is 6.42. The predicted octanol–water partition coefficient (Wildman–Crippen LogP) is 1.93. The maximum atomic E-state index is 11.7. The van der Waals surface area contributed by atoms with Crippen molar-refractivity contribution in [2.24, 2.45) is 0 Å². The second kappa shape index (κ2) is 7.58. The van der Waals surface area contributed by atoms with Gasteiger partial charge in [0.15, 0.2) is 6.61 Å². The van der Waals surface area contributed by atoms with Crippen molar-refractivity contribution in [2.45, 2.75) is 19.4 Å². The van der Waals surface area contributed by atoms with Gasteiger partial charge >= 0.3 is 0 Å². The van der Waals surface area contributed by atoms with Crippen molar-refractivity contribution in [2.75, 3.05) is 19.7 Å². The lowest BCUT2D eigenvalue weighted by Crippen LogP contribution is -2.39. The van der Waals surface area contributed by atoms with Gasteiger partial charge in [-0.2, -0.15) is 0 Å². The molecule has 0 bridgehead atoms. The molecule has 19 heavy (non-hydrogen) atoms. The largest absolute Gasteiger partial charge is 0.484 e. The predicted molar refractivity (Wildman–Crippen MR) is 78.3 cm³/mol. The van der Waals surface area contributed by atoms with Gasteiger partial charge in [-0.3, -0.25) is 4.79 Å². The zero-order valence-electron chi connectivity index (χ0n) is 10.7. The van der Waals surface area contributed by atoms with Crippen LogP contribution in [0.5, 0.6) is 5.75 Å². The number of hydrogen-bond donors (Lipinski definition) is 2. The van der Waals surface area contributed by atoms with E-state index in [0.717, 1.165) is 25.1 Å². The van der Waals surface area contributed by atoms with Crippen LogP contribution in [0.15, 0.2) is 18.2 Å². The summed E-state index contributed by atoms with van der Waals surface area (Å²) in [6.45, 7) is 3.74. The average Bonchev–Trinajstić information content (AvgIpc) is 2.80. The van der Waals surface area contributed by atoms with Gasteiger partial charge in [0.2, 0.25) is 0 Å². The summed E-state index contributed by atoms with van der Waals surface area (Å²) in [5.41, 5.74) is 0.929. The lowest BCUT2D eigenvalue weighted by molar-refractivity contribution is -0.123. The van der Waals surface area contributed by atoms with Crippen LogP contribution in [0.2, 0.25) is 5.02 Å². The fourth-order valence-electron chi connectivity index (χ4n) is 1.97. The summed E-state index contributed by atoms with van der Waals surface area (Å²) in [7, 11) is 0. The summed E-state index contributed by atoms with van der Waals surface area (Å²) >= 11 is 5.85. The Morgan fingerprint density at radius 2 is 2.37 bits per heavy atom. The van der Waals surface area contributed by atoms with Crippen molar-refractivity contribution in [3.63, 3.8) is 0 Å². The zero-order valence-corrected chi connectivity index (χ0v) is 12.3. The van der Waals surface area contributed by atoms with Crippen LogP contribution in [0.3, 0.4) is 0 Å². The molecule has 2 rings (SSSR count). The molecule has 1 aliphatic heterocycles. The SMILES string of the molecule is Cc1cc(Cl)ccc1OCC(=O)NC1CCNC1.Cl. The van der Waals surface area contributed by atoms with Gasteiger partial charge in [0, 0.05) is 17.6 Å². The van der Waals surface area contributed by atoms with Crippen molar-refractivity contribution in [1.29, 1.82) is 0 Å². The van der Waals surface area contributed by atoms with E-state index < -0.39 is 0 Å². The van der Waals surface area contributed by atoms with E-state index in [1.165, 1.54) is 0 Å². The molecule has 2 N–H and O–H groups in total. The molecule has 4 nitrogen and oxygen atoms in total. The maximum Gasteiger partial charge on any atom is 0.258 e. The molecule has 1 aliphatic rings. The van der Waals surface area contributed by atoms with Gasteiger partial charge in [-0.25, -0.2) is 0 Å². The minimum Gasteiger partial charge on any atom is -0.484 e. The molecule has 1 fully saturated rings. The quantitative estimate of drug-likeness (QED) is 0.893. The summed E-state index contributed by atoms with van der Waals surface area (Å²) in [6, 6.07) is 5.58. The first kappa shape index (κ1) is 16.1. The minimum atomic E-state index is -0.0851. The number of hydrogen-bond acceptors (Lipinski definition) is 3. The molecule has 0 aromatic heterocycles. The molecule has 0 saturated carbocycles. The van der Waals surface area contributed by atoms with Gasteiger partial charge in [0.05, 0.1) is 0 Å². The molecule has 0 radical (unpaired) electrons. The summed E-state index contributed by atoms with van der Waals surface area (Å²) in [5.74, 6) is 0.608. The third kappa shape index (κ3) is 4.90. The van der Waals surface area contributed by atoms with Gasteiger partial charge in [0.1, 0.15) is 5.75 Å². The van der Waals surface area contributed by atoms with Crippen LogP contribution in [0.25, 0.3) is 0 Å². The number of nitrogens with one attached hydrogen (secondary N) is 2. The van der Waals surface area contributed by atoms with E-state index in [2.05, 4.69) is 10.6 Å². The normalized spacial score (nSPS) is 17.7. The van der Waals surface area contributed by atoms with E-state index in [1.54, 1.807) is 12.1 Å². The number of rotatable bonds is 4. The van der Waals surface area contributed by atoms with Gasteiger partial charge in [-0.15, -0.1) is 12.4 Å². The Hall–Kier alpha value is -0.970. The van der Waals surface area contributed by atoms with Crippen LogP contribution < -0.4 is 15.4 Å². The average molecular weight is 305 g/mol. The van der Waals surface area contributed by atoms with E-state index in [0.29, 0.717) is 10.8 Å². The first-order chi connectivity index (χ1) is 8.65. The van der Waals surface area contributed by atoms with Crippen molar-refractivity contribution in [1.82, 2.24) is 10.6 Å². The summed E-state index contributed by atoms with van der Waals surface area (Å²) in [6.07, 6.45) is 0.978. The number of carbonyl (C=O) groups is 1. The number of benzene rings is 1. The summed E-state index contributed by atoms with van der Waals surface area (Å²) in [4.78, 5) is 11.7. The topological polar surface area (TPSA) is 50.4 Å². The molecule has 1 saturated heterocycles. The number of aryl methyl sites for hydroxylation is 1. The van der Waals surface area contributed by atoms with Crippen LogP contribution in [0.1, 0.15) is 12.0 Å². The Morgan fingerprint density at radius 1 is 1.58 bits per heavy atom. The molecule has 1 amide bonds. The highest BCUT2D eigenvalue weighted by Gasteiger charge is 2.16. The highest BCUT2D eigenvalue weighted by Crippen LogP contribution is 2.21. The monoisotopic (exact) mass is 304 g/mol. The fourth-order valence-corrected chi connectivity index (χ4v) is 2.19. The highest BCUT2D eigenvalue weighted by molar-refractivity contribution is 6.30. The van der Waals surface area contributed by atoms with Gasteiger partial charge in [-0.1, -0.05) is 11.6 Å². The van der Waals surface area contributed by atoms with Gasteiger partial charge in [0.25, 0.3) is 5.91 Å². The summed E-state index contributed by atoms with van der Waals surface area (Å²) in [5, 5.41) is 6.79. The lowest BCUT2D eigenvalue weighted by atomic mass is 10.2. The van der Waals surface area contributed by atoms with Crippen LogP contribution in [-0.4, -0.2) is 31.6 Å². The first-order valence-electron chi connectivity index (χ1n) is 6.04. The molecule has 0 spiro atoms. The molecule has 1 unspecified atom stereocenters. The Bertz CT molecular complexity index is 435. The molecular weight excluding hydrogens is 287 g/mol. The van der Waals surface area contributed by atoms with Crippen LogP contribution in [0, 0.1) is 6.92 Å². The van der Waals surface area contributed by atoms with E-state index in [-0.39, 0.29) is 31.0 Å². The fraction of sp³-hybridized carbons (Fsp3) is 0.462. The second-order valence-corrected chi connectivity index (χ2v) is 4.89. The van der Waals surface area contributed by atoms with Crippen molar-refractivity contribution in [3.05, 3.63) is 28.8 Å². The highest BCUT2D eigenvalue weighted by atomic mass is 35.5. The van der Waals surface area contributed by atoms with Crippen LogP contribution in [0.4, 0.5) is 0 Å². The van der Waals surface area contributed by atoms with Crippen molar-refractivity contribution in [3.8, 4) is 5.75 Å².